The number of hydrogen-bond donors (Lipinski definition) is 2. The molecule has 0 fully saturated rings. The lowest BCUT2D eigenvalue weighted by molar-refractivity contribution is 0.251. The van der Waals surface area contributed by atoms with Gasteiger partial charge in [-0.3, -0.25) is 10.00 Å². The maximum atomic E-state index is 12.2. The molecule has 0 radical (unpaired) electrons. The van der Waals surface area contributed by atoms with Gasteiger partial charge < -0.3 is 10.2 Å². The SMILES string of the molecule is C[C@H](CNC(=O)Nc1ccn(Cc2ccccc2)n1)N(C)c1ccccc1. The van der Waals surface area contributed by atoms with Crippen LogP contribution in [0.2, 0.25) is 0 Å². The highest BCUT2D eigenvalue weighted by atomic mass is 16.2. The first-order valence-electron chi connectivity index (χ1n) is 9.02. The molecule has 3 aromatic rings. The van der Waals surface area contributed by atoms with E-state index in [0.29, 0.717) is 18.9 Å². The van der Waals surface area contributed by atoms with Crippen LogP contribution in [0.1, 0.15) is 12.5 Å². The second-order valence-electron chi connectivity index (χ2n) is 6.51. The molecule has 0 saturated carbocycles. The van der Waals surface area contributed by atoms with E-state index in [1.807, 2.05) is 61.8 Å². The number of rotatable bonds is 7. The van der Waals surface area contributed by atoms with Gasteiger partial charge in [-0.2, -0.15) is 5.10 Å². The summed E-state index contributed by atoms with van der Waals surface area (Å²) in [5.74, 6) is 0.535. The number of benzene rings is 2. The number of para-hydroxylation sites is 1. The minimum atomic E-state index is -0.256. The summed E-state index contributed by atoms with van der Waals surface area (Å²) in [4.78, 5) is 14.3. The van der Waals surface area contributed by atoms with Crippen LogP contribution >= 0.6 is 0 Å². The summed E-state index contributed by atoms with van der Waals surface area (Å²) in [6, 6.07) is 21.9. The van der Waals surface area contributed by atoms with Gasteiger partial charge in [-0.25, -0.2) is 4.79 Å². The van der Waals surface area contributed by atoms with E-state index in [4.69, 9.17) is 0 Å². The van der Waals surface area contributed by atoms with Crippen LogP contribution in [0.25, 0.3) is 0 Å². The van der Waals surface area contributed by atoms with Crippen molar-refractivity contribution in [3.63, 3.8) is 0 Å². The number of nitrogens with zero attached hydrogens (tertiary/aromatic N) is 3. The number of aromatic nitrogens is 2. The van der Waals surface area contributed by atoms with E-state index in [9.17, 15) is 4.79 Å². The van der Waals surface area contributed by atoms with Gasteiger partial charge in [0.25, 0.3) is 0 Å². The van der Waals surface area contributed by atoms with Gasteiger partial charge in [-0.1, -0.05) is 48.5 Å². The second-order valence-corrected chi connectivity index (χ2v) is 6.51. The largest absolute Gasteiger partial charge is 0.370 e. The smallest absolute Gasteiger partial charge is 0.320 e. The molecule has 1 aromatic heterocycles. The standard InChI is InChI=1S/C21H25N5O/c1-17(25(2)19-11-7-4-8-12-19)15-22-21(27)23-20-13-14-26(24-20)16-18-9-5-3-6-10-18/h3-14,17H,15-16H2,1-2H3,(H2,22,23,24,27)/t17-/m1/s1. The Kier molecular flexibility index (Phi) is 6.10. The van der Waals surface area contributed by atoms with Gasteiger partial charge in [0.15, 0.2) is 5.82 Å². The minimum absolute atomic E-state index is 0.161. The molecule has 0 unspecified atom stereocenters. The molecule has 0 aliphatic rings. The first-order chi connectivity index (χ1) is 13.1. The molecule has 1 heterocycles. The molecule has 6 nitrogen and oxygen atoms in total. The van der Waals surface area contributed by atoms with Crippen LogP contribution in [-0.4, -0.2) is 35.4 Å². The van der Waals surface area contributed by atoms with Crippen LogP contribution in [-0.2, 0) is 6.54 Å². The van der Waals surface area contributed by atoms with Gasteiger partial charge in [0.05, 0.1) is 6.54 Å². The Balaban J connectivity index is 1.47. The Hall–Kier alpha value is -3.28. The molecule has 1 atom stereocenters. The van der Waals surface area contributed by atoms with Crippen molar-refractivity contribution >= 4 is 17.5 Å². The van der Waals surface area contributed by atoms with Crippen LogP contribution in [0, 0.1) is 0 Å². The summed E-state index contributed by atoms with van der Waals surface area (Å²) in [7, 11) is 2.02. The van der Waals surface area contributed by atoms with Crippen LogP contribution in [0.3, 0.4) is 0 Å². The third-order valence-electron chi connectivity index (χ3n) is 4.45. The monoisotopic (exact) mass is 363 g/mol. The zero-order valence-corrected chi connectivity index (χ0v) is 15.7. The lowest BCUT2D eigenvalue weighted by atomic mass is 10.2. The van der Waals surface area contributed by atoms with Gasteiger partial charge in [-0.05, 0) is 24.6 Å². The number of hydrogen-bond acceptors (Lipinski definition) is 3. The van der Waals surface area contributed by atoms with Crippen molar-refractivity contribution in [1.82, 2.24) is 15.1 Å². The number of carbonyl (C=O) groups is 1. The lowest BCUT2D eigenvalue weighted by Gasteiger charge is -2.27. The van der Waals surface area contributed by atoms with Crippen LogP contribution in [0.5, 0.6) is 0 Å². The molecule has 2 amide bonds. The van der Waals surface area contributed by atoms with Crippen LogP contribution < -0.4 is 15.5 Å². The van der Waals surface area contributed by atoms with Gasteiger partial charge in [0.2, 0.25) is 0 Å². The number of likely N-dealkylation sites (N-methyl/N-ethyl adjacent to an activating group) is 1. The van der Waals surface area contributed by atoms with E-state index in [0.717, 1.165) is 11.3 Å². The molecule has 0 aliphatic carbocycles. The first kappa shape index (κ1) is 18.5. The molecule has 27 heavy (non-hydrogen) atoms. The summed E-state index contributed by atoms with van der Waals surface area (Å²) < 4.78 is 1.80. The van der Waals surface area contributed by atoms with Crippen molar-refractivity contribution in [1.29, 1.82) is 0 Å². The molecule has 0 spiro atoms. The average molecular weight is 363 g/mol. The quantitative estimate of drug-likeness (QED) is 0.674. The van der Waals surface area contributed by atoms with Crippen LogP contribution in [0.15, 0.2) is 72.9 Å². The third-order valence-corrected chi connectivity index (χ3v) is 4.45. The normalized spacial score (nSPS) is 11.6. The predicted molar refractivity (Wildman–Crippen MR) is 109 cm³/mol. The Morgan fingerprint density at radius 1 is 1.07 bits per heavy atom. The zero-order chi connectivity index (χ0) is 19.1. The minimum Gasteiger partial charge on any atom is -0.370 e. The molecule has 0 aliphatic heterocycles. The number of carbonyl (C=O) groups excluding carboxylic acids is 1. The molecular formula is C21H25N5O. The molecule has 0 bridgehead atoms. The van der Waals surface area contributed by atoms with Crippen LogP contribution in [0.4, 0.5) is 16.3 Å². The highest BCUT2D eigenvalue weighted by molar-refractivity contribution is 5.88. The van der Waals surface area contributed by atoms with Gasteiger partial charge in [0, 0.05) is 37.6 Å². The fraction of sp³-hybridized carbons (Fsp3) is 0.238. The van der Waals surface area contributed by atoms with Crippen molar-refractivity contribution in [3.05, 3.63) is 78.5 Å². The highest BCUT2D eigenvalue weighted by Gasteiger charge is 2.12. The fourth-order valence-electron chi connectivity index (χ4n) is 2.74. The number of anilines is 2. The fourth-order valence-corrected chi connectivity index (χ4v) is 2.74. The van der Waals surface area contributed by atoms with Gasteiger partial charge >= 0.3 is 6.03 Å². The zero-order valence-electron chi connectivity index (χ0n) is 15.7. The summed E-state index contributed by atoms with van der Waals surface area (Å²) >= 11 is 0. The Bertz CT molecular complexity index is 847. The lowest BCUT2D eigenvalue weighted by Crippen LogP contribution is -2.41. The summed E-state index contributed by atoms with van der Waals surface area (Å²) in [5.41, 5.74) is 2.28. The number of urea groups is 1. The van der Waals surface area contributed by atoms with Gasteiger partial charge in [0.1, 0.15) is 0 Å². The number of amides is 2. The molecular weight excluding hydrogens is 338 g/mol. The van der Waals surface area contributed by atoms with Crippen molar-refractivity contribution in [2.45, 2.75) is 19.5 Å². The van der Waals surface area contributed by atoms with Crippen molar-refractivity contribution in [2.75, 3.05) is 23.8 Å². The van der Waals surface area contributed by atoms with E-state index in [1.165, 1.54) is 0 Å². The highest BCUT2D eigenvalue weighted by Crippen LogP contribution is 2.13. The van der Waals surface area contributed by atoms with E-state index < -0.39 is 0 Å². The topological polar surface area (TPSA) is 62.2 Å². The van der Waals surface area contributed by atoms with Crippen molar-refractivity contribution < 1.29 is 4.79 Å². The third kappa shape index (κ3) is 5.34. The molecule has 3 rings (SSSR count). The maximum absolute atomic E-state index is 12.2. The van der Waals surface area contributed by atoms with Crippen molar-refractivity contribution in [3.8, 4) is 0 Å². The molecule has 6 heteroatoms. The maximum Gasteiger partial charge on any atom is 0.320 e. The van der Waals surface area contributed by atoms with E-state index >= 15 is 0 Å². The second kappa shape index (κ2) is 8.89. The molecule has 2 aromatic carbocycles. The summed E-state index contributed by atoms with van der Waals surface area (Å²) in [5, 5.41) is 10.1. The Morgan fingerprint density at radius 2 is 1.74 bits per heavy atom. The Labute approximate surface area is 159 Å². The van der Waals surface area contributed by atoms with Crippen molar-refractivity contribution in [2.24, 2.45) is 0 Å². The molecule has 140 valence electrons. The van der Waals surface area contributed by atoms with Gasteiger partial charge in [-0.15, -0.1) is 0 Å². The number of nitrogens with one attached hydrogen (secondary N) is 2. The summed E-state index contributed by atoms with van der Waals surface area (Å²) in [6.07, 6.45) is 1.86. The Morgan fingerprint density at radius 3 is 2.44 bits per heavy atom. The summed E-state index contributed by atoms with van der Waals surface area (Å²) in [6.45, 7) is 3.27. The predicted octanol–water partition coefficient (Wildman–Crippen LogP) is 3.58. The van der Waals surface area contributed by atoms with E-state index in [2.05, 4.69) is 39.7 Å². The molecule has 2 N–H and O–H groups in total. The van der Waals surface area contributed by atoms with E-state index in [1.54, 1.807) is 10.7 Å². The van der Waals surface area contributed by atoms with E-state index in [-0.39, 0.29) is 12.1 Å². The first-order valence-corrected chi connectivity index (χ1v) is 9.02. The average Bonchev–Trinajstić information content (AvgIpc) is 3.13. The molecule has 0 saturated heterocycles.